The van der Waals surface area contributed by atoms with Crippen molar-refractivity contribution in [3.8, 4) is 17.6 Å². The van der Waals surface area contributed by atoms with Crippen LogP contribution in [-0.2, 0) is 9.59 Å². The molecule has 0 aromatic heterocycles. The number of nitrogens with one attached hydrogen (secondary N) is 1. The van der Waals surface area contributed by atoms with Gasteiger partial charge >= 0.3 is 0 Å². The number of benzene rings is 2. The highest BCUT2D eigenvalue weighted by atomic mass is 16.6. The molecule has 0 radical (unpaired) electrons. The van der Waals surface area contributed by atoms with Crippen LogP contribution in [0.15, 0.2) is 42.5 Å². The number of ether oxygens (including phenoxy) is 2. The summed E-state index contributed by atoms with van der Waals surface area (Å²) in [6.07, 6.45) is 0.107. The van der Waals surface area contributed by atoms with Gasteiger partial charge in [0.2, 0.25) is 11.8 Å². The lowest BCUT2D eigenvalue weighted by molar-refractivity contribution is -0.122. The minimum absolute atomic E-state index is 0.107. The molecular formula is C20H17N3O4. The van der Waals surface area contributed by atoms with E-state index in [-0.39, 0.29) is 24.8 Å². The number of hydrogen-bond donors (Lipinski definition) is 1. The molecule has 136 valence electrons. The second-order valence-corrected chi connectivity index (χ2v) is 6.38. The minimum atomic E-state index is -0.488. The van der Waals surface area contributed by atoms with E-state index in [9.17, 15) is 14.9 Å². The van der Waals surface area contributed by atoms with Gasteiger partial charge in [-0.1, -0.05) is 12.1 Å². The Kier molecular flexibility index (Phi) is 4.38. The summed E-state index contributed by atoms with van der Waals surface area (Å²) in [7, 11) is 0. The smallest absolute Gasteiger partial charge is 0.229 e. The summed E-state index contributed by atoms with van der Waals surface area (Å²) in [5.41, 5.74) is 1.55. The second-order valence-electron chi connectivity index (χ2n) is 6.38. The van der Waals surface area contributed by atoms with E-state index < -0.39 is 5.92 Å². The Balaban J connectivity index is 1.47. The van der Waals surface area contributed by atoms with Gasteiger partial charge in [-0.05, 0) is 24.3 Å². The monoisotopic (exact) mass is 363 g/mol. The number of rotatable bonds is 3. The van der Waals surface area contributed by atoms with Crippen molar-refractivity contribution < 1.29 is 19.1 Å². The first-order valence-electron chi connectivity index (χ1n) is 8.66. The molecule has 1 N–H and O–H groups in total. The van der Waals surface area contributed by atoms with E-state index in [1.807, 2.05) is 0 Å². The first-order valence-corrected chi connectivity index (χ1v) is 8.66. The molecule has 1 atom stereocenters. The van der Waals surface area contributed by atoms with Gasteiger partial charge < -0.3 is 19.7 Å². The minimum Gasteiger partial charge on any atom is -0.486 e. The van der Waals surface area contributed by atoms with Crippen molar-refractivity contribution in [2.24, 2.45) is 5.92 Å². The van der Waals surface area contributed by atoms with Crippen LogP contribution in [0.4, 0.5) is 11.4 Å². The molecule has 0 spiro atoms. The van der Waals surface area contributed by atoms with Gasteiger partial charge in [0.05, 0.1) is 17.2 Å². The van der Waals surface area contributed by atoms with E-state index in [0.717, 1.165) is 0 Å². The zero-order chi connectivity index (χ0) is 18.8. The number of fused-ring (bicyclic) bond motifs is 1. The number of anilines is 2. The number of carbonyl (C=O) groups is 2. The summed E-state index contributed by atoms with van der Waals surface area (Å²) in [4.78, 5) is 26.5. The molecule has 2 amide bonds. The molecule has 4 rings (SSSR count). The molecule has 0 saturated carbocycles. The van der Waals surface area contributed by atoms with Crippen LogP contribution >= 0.6 is 0 Å². The molecule has 2 aromatic carbocycles. The number of amides is 2. The molecule has 2 aliphatic rings. The fourth-order valence-corrected chi connectivity index (χ4v) is 3.29. The molecule has 2 heterocycles. The molecule has 2 aliphatic heterocycles. The molecule has 2 aromatic rings. The van der Waals surface area contributed by atoms with Crippen LogP contribution in [-0.4, -0.2) is 31.6 Å². The highest BCUT2D eigenvalue weighted by Crippen LogP contribution is 2.33. The Morgan fingerprint density at radius 2 is 1.93 bits per heavy atom. The summed E-state index contributed by atoms with van der Waals surface area (Å²) in [6.45, 7) is 1.21. The predicted molar refractivity (Wildman–Crippen MR) is 97.7 cm³/mol. The maximum absolute atomic E-state index is 12.6. The normalized spacial score (nSPS) is 18.1. The summed E-state index contributed by atoms with van der Waals surface area (Å²) >= 11 is 0. The number of nitriles is 1. The number of nitrogens with zero attached hydrogens (tertiary/aromatic N) is 2. The second kappa shape index (κ2) is 7.00. The van der Waals surface area contributed by atoms with Gasteiger partial charge in [0, 0.05) is 24.7 Å². The average Bonchev–Trinajstić information content (AvgIpc) is 3.09. The maximum atomic E-state index is 12.6. The third-order valence-corrected chi connectivity index (χ3v) is 4.62. The molecule has 1 fully saturated rings. The summed E-state index contributed by atoms with van der Waals surface area (Å²) < 4.78 is 11.0. The first-order chi connectivity index (χ1) is 13.2. The van der Waals surface area contributed by atoms with Crippen LogP contribution in [0.1, 0.15) is 12.0 Å². The van der Waals surface area contributed by atoms with Crippen molar-refractivity contribution >= 4 is 23.2 Å². The Morgan fingerprint density at radius 1 is 1.15 bits per heavy atom. The van der Waals surface area contributed by atoms with Crippen molar-refractivity contribution in [1.29, 1.82) is 5.26 Å². The molecule has 0 bridgehead atoms. The first kappa shape index (κ1) is 16.9. The van der Waals surface area contributed by atoms with E-state index in [1.165, 1.54) is 4.90 Å². The highest BCUT2D eigenvalue weighted by molar-refractivity contribution is 6.04. The van der Waals surface area contributed by atoms with Gasteiger partial charge in [-0.15, -0.1) is 0 Å². The van der Waals surface area contributed by atoms with E-state index in [0.29, 0.717) is 41.7 Å². The van der Waals surface area contributed by atoms with Gasteiger partial charge in [-0.3, -0.25) is 9.59 Å². The standard InChI is InChI=1S/C20H17N3O4/c21-11-13-3-1-2-4-16(13)23-12-14(9-19(23)24)20(25)22-15-5-6-17-18(10-15)27-8-7-26-17/h1-6,10,14H,7-9,12H2,(H,22,25). The summed E-state index contributed by atoms with van der Waals surface area (Å²) in [5, 5.41) is 12.1. The Bertz CT molecular complexity index is 950. The van der Waals surface area contributed by atoms with Crippen molar-refractivity contribution in [2.45, 2.75) is 6.42 Å². The lowest BCUT2D eigenvalue weighted by Gasteiger charge is -2.20. The zero-order valence-corrected chi connectivity index (χ0v) is 14.5. The van der Waals surface area contributed by atoms with Gasteiger partial charge in [0.1, 0.15) is 19.3 Å². The molecular weight excluding hydrogens is 346 g/mol. The van der Waals surface area contributed by atoms with E-state index in [4.69, 9.17) is 9.47 Å². The van der Waals surface area contributed by atoms with Gasteiger partial charge in [-0.25, -0.2) is 0 Å². The molecule has 7 heteroatoms. The summed E-state index contributed by atoms with van der Waals surface area (Å²) in [6, 6.07) is 14.2. The van der Waals surface area contributed by atoms with Crippen LogP contribution in [0.2, 0.25) is 0 Å². The SMILES string of the molecule is N#Cc1ccccc1N1CC(C(=O)Nc2ccc3c(c2)OCCO3)CC1=O. The molecule has 7 nitrogen and oxygen atoms in total. The topological polar surface area (TPSA) is 91.7 Å². The summed E-state index contributed by atoms with van der Waals surface area (Å²) in [5.74, 6) is 0.343. The fourth-order valence-electron chi connectivity index (χ4n) is 3.29. The van der Waals surface area contributed by atoms with Crippen LogP contribution < -0.4 is 19.7 Å². The zero-order valence-electron chi connectivity index (χ0n) is 14.5. The van der Waals surface area contributed by atoms with E-state index in [2.05, 4.69) is 11.4 Å². The number of carbonyl (C=O) groups excluding carboxylic acids is 2. The van der Waals surface area contributed by atoms with Crippen LogP contribution in [0, 0.1) is 17.2 Å². The average molecular weight is 363 g/mol. The van der Waals surface area contributed by atoms with Crippen molar-refractivity contribution in [3.63, 3.8) is 0 Å². The van der Waals surface area contributed by atoms with Gasteiger partial charge in [-0.2, -0.15) is 5.26 Å². The molecule has 27 heavy (non-hydrogen) atoms. The van der Waals surface area contributed by atoms with E-state index >= 15 is 0 Å². The molecule has 0 aliphatic carbocycles. The molecule has 1 unspecified atom stereocenters. The predicted octanol–water partition coefficient (Wildman–Crippen LogP) is 2.32. The van der Waals surface area contributed by atoms with Crippen LogP contribution in [0.25, 0.3) is 0 Å². The quantitative estimate of drug-likeness (QED) is 0.904. The Morgan fingerprint density at radius 3 is 2.74 bits per heavy atom. The van der Waals surface area contributed by atoms with Crippen molar-refractivity contribution in [1.82, 2.24) is 0 Å². The molecule has 1 saturated heterocycles. The van der Waals surface area contributed by atoms with Crippen molar-refractivity contribution in [3.05, 3.63) is 48.0 Å². The number of hydrogen-bond acceptors (Lipinski definition) is 5. The maximum Gasteiger partial charge on any atom is 0.229 e. The lowest BCUT2D eigenvalue weighted by atomic mass is 10.1. The Hall–Kier alpha value is -3.53. The van der Waals surface area contributed by atoms with Crippen molar-refractivity contribution in [2.75, 3.05) is 30.0 Å². The third-order valence-electron chi connectivity index (χ3n) is 4.62. The van der Waals surface area contributed by atoms with Crippen LogP contribution in [0.5, 0.6) is 11.5 Å². The largest absolute Gasteiger partial charge is 0.486 e. The third kappa shape index (κ3) is 3.29. The fraction of sp³-hybridized carbons (Fsp3) is 0.250. The Labute approximate surface area is 156 Å². The van der Waals surface area contributed by atoms with Gasteiger partial charge in [0.15, 0.2) is 11.5 Å². The lowest BCUT2D eigenvalue weighted by Crippen LogP contribution is -2.28. The number of para-hydroxylation sites is 1. The van der Waals surface area contributed by atoms with Gasteiger partial charge in [0.25, 0.3) is 0 Å². The highest BCUT2D eigenvalue weighted by Gasteiger charge is 2.36. The van der Waals surface area contributed by atoms with E-state index in [1.54, 1.807) is 42.5 Å². The van der Waals surface area contributed by atoms with Crippen LogP contribution in [0.3, 0.4) is 0 Å².